The van der Waals surface area contributed by atoms with E-state index in [1.54, 1.807) is 6.20 Å². The van der Waals surface area contributed by atoms with Crippen molar-refractivity contribution in [3.63, 3.8) is 0 Å². The Morgan fingerprint density at radius 2 is 1.89 bits per heavy atom. The van der Waals surface area contributed by atoms with Crippen LogP contribution in [0.25, 0.3) is 11.1 Å². The number of benzene rings is 1. The summed E-state index contributed by atoms with van der Waals surface area (Å²) in [5.41, 5.74) is 11.8. The van der Waals surface area contributed by atoms with Crippen molar-refractivity contribution in [2.75, 3.05) is 0 Å². The van der Waals surface area contributed by atoms with Crippen molar-refractivity contribution in [1.29, 1.82) is 0 Å². The normalized spacial score (nSPS) is 10.9. The second kappa shape index (κ2) is 8.67. The summed E-state index contributed by atoms with van der Waals surface area (Å²) in [5.74, 6) is -0.373. The van der Waals surface area contributed by atoms with E-state index >= 15 is 0 Å². The zero-order valence-electron chi connectivity index (χ0n) is 16.1. The van der Waals surface area contributed by atoms with Crippen LogP contribution in [0, 0.1) is 6.92 Å². The summed E-state index contributed by atoms with van der Waals surface area (Å²) in [6.45, 7) is 5.01. The maximum absolute atomic E-state index is 12.3. The van der Waals surface area contributed by atoms with Gasteiger partial charge in [0.05, 0.1) is 5.56 Å². The maximum atomic E-state index is 12.3. The number of hydrogen-bond donors (Lipinski definition) is 1. The van der Waals surface area contributed by atoms with Gasteiger partial charge in [0.15, 0.2) is 0 Å². The van der Waals surface area contributed by atoms with Gasteiger partial charge in [-0.15, -0.1) is 0 Å². The Morgan fingerprint density at radius 3 is 2.52 bits per heavy atom. The zero-order valence-corrected chi connectivity index (χ0v) is 16.1. The summed E-state index contributed by atoms with van der Waals surface area (Å²) in [4.78, 5) is 16.6. The van der Waals surface area contributed by atoms with Crippen molar-refractivity contribution in [3.05, 3.63) is 77.4 Å². The molecule has 2 heterocycles. The lowest BCUT2D eigenvalue weighted by atomic mass is 9.99. The molecule has 1 aromatic carbocycles. The fourth-order valence-corrected chi connectivity index (χ4v) is 3.71. The van der Waals surface area contributed by atoms with Gasteiger partial charge in [0.1, 0.15) is 0 Å². The van der Waals surface area contributed by atoms with Gasteiger partial charge in [0.25, 0.3) is 5.91 Å². The standard InChI is InChI=1S/C23H27N3O/c1-3-4-12-20-22(19-11-8-14-25-16-19)21(23(24)27)17(2)26(20)15-13-18-9-6-5-7-10-18/h5-11,14,16H,3-4,12-13,15H2,1-2H3,(H2,24,27). The Bertz CT molecular complexity index is 898. The molecule has 27 heavy (non-hydrogen) atoms. The molecule has 4 nitrogen and oxygen atoms in total. The summed E-state index contributed by atoms with van der Waals surface area (Å²) in [5, 5.41) is 0. The van der Waals surface area contributed by atoms with E-state index in [2.05, 4.69) is 40.7 Å². The van der Waals surface area contributed by atoms with Crippen molar-refractivity contribution in [1.82, 2.24) is 9.55 Å². The van der Waals surface area contributed by atoms with Gasteiger partial charge in [-0.1, -0.05) is 49.7 Å². The van der Waals surface area contributed by atoms with Crippen molar-refractivity contribution in [2.24, 2.45) is 5.73 Å². The predicted molar refractivity (Wildman–Crippen MR) is 110 cm³/mol. The molecule has 0 bridgehead atoms. The quantitative estimate of drug-likeness (QED) is 0.640. The summed E-state index contributed by atoms with van der Waals surface area (Å²) < 4.78 is 2.28. The predicted octanol–water partition coefficient (Wildman–Crippen LogP) is 4.54. The number of carbonyl (C=O) groups is 1. The smallest absolute Gasteiger partial charge is 0.251 e. The van der Waals surface area contributed by atoms with Crippen LogP contribution in [0.4, 0.5) is 0 Å². The van der Waals surface area contributed by atoms with Crippen LogP contribution in [0.1, 0.15) is 47.1 Å². The summed E-state index contributed by atoms with van der Waals surface area (Å²) in [6.07, 6.45) is 7.57. The molecule has 0 aliphatic rings. The summed E-state index contributed by atoms with van der Waals surface area (Å²) in [7, 11) is 0. The topological polar surface area (TPSA) is 60.9 Å². The van der Waals surface area contributed by atoms with Crippen LogP contribution in [0.3, 0.4) is 0 Å². The molecule has 0 saturated heterocycles. The third-order valence-electron chi connectivity index (χ3n) is 5.06. The first-order valence-corrected chi connectivity index (χ1v) is 9.59. The zero-order chi connectivity index (χ0) is 19.2. The monoisotopic (exact) mass is 361 g/mol. The largest absolute Gasteiger partial charge is 0.366 e. The second-order valence-electron chi connectivity index (χ2n) is 6.88. The molecule has 0 spiro atoms. The fourth-order valence-electron chi connectivity index (χ4n) is 3.71. The minimum Gasteiger partial charge on any atom is -0.366 e. The lowest BCUT2D eigenvalue weighted by molar-refractivity contribution is 0.1000. The van der Waals surface area contributed by atoms with Gasteiger partial charge in [-0.2, -0.15) is 0 Å². The lowest BCUT2D eigenvalue weighted by Crippen LogP contribution is -2.14. The van der Waals surface area contributed by atoms with Gasteiger partial charge in [-0.05, 0) is 37.8 Å². The van der Waals surface area contributed by atoms with Gasteiger partial charge in [0, 0.05) is 41.5 Å². The Kier molecular flexibility index (Phi) is 6.07. The van der Waals surface area contributed by atoms with Crippen LogP contribution in [0.2, 0.25) is 0 Å². The maximum Gasteiger partial charge on any atom is 0.251 e. The Hall–Kier alpha value is -2.88. The van der Waals surface area contributed by atoms with Gasteiger partial charge in [-0.3, -0.25) is 9.78 Å². The molecule has 0 unspecified atom stereocenters. The number of hydrogen-bond acceptors (Lipinski definition) is 2. The molecule has 0 aliphatic heterocycles. The number of pyridine rings is 1. The van der Waals surface area contributed by atoms with Crippen molar-refractivity contribution >= 4 is 5.91 Å². The van der Waals surface area contributed by atoms with Gasteiger partial charge in [0.2, 0.25) is 0 Å². The van der Waals surface area contributed by atoms with E-state index in [4.69, 9.17) is 5.73 Å². The molecule has 2 N–H and O–H groups in total. The molecule has 3 rings (SSSR count). The van der Waals surface area contributed by atoms with E-state index < -0.39 is 0 Å². The van der Waals surface area contributed by atoms with Crippen LogP contribution in [0.5, 0.6) is 0 Å². The SMILES string of the molecule is CCCCc1c(-c2cccnc2)c(C(N)=O)c(C)n1CCc1ccccc1. The number of aryl methyl sites for hydroxylation is 1. The van der Waals surface area contributed by atoms with Crippen LogP contribution in [-0.4, -0.2) is 15.5 Å². The number of aromatic nitrogens is 2. The van der Waals surface area contributed by atoms with Gasteiger partial charge < -0.3 is 10.3 Å². The van der Waals surface area contributed by atoms with Crippen LogP contribution >= 0.6 is 0 Å². The highest BCUT2D eigenvalue weighted by Crippen LogP contribution is 2.33. The number of unbranched alkanes of at least 4 members (excludes halogenated alkanes) is 1. The molecule has 0 fully saturated rings. The first kappa shape index (κ1) is 18.9. The van der Waals surface area contributed by atoms with Gasteiger partial charge in [-0.25, -0.2) is 0 Å². The van der Waals surface area contributed by atoms with Gasteiger partial charge >= 0.3 is 0 Å². The highest BCUT2D eigenvalue weighted by atomic mass is 16.1. The molecule has 1 amide bonds. The lowest BCUT2D eigenvalue weighted by Gasteiger charge is -2.13. The molecule has 3 aromatic rings. The molecule has 140 valence electrons. The number of amides is 1. The van der Waals surface area contributed by atoms with E-state index in [-0.39, 0.29) is 5.91 Å². The first-order chi connectivity index (χ1) is 13.1. The minimum absolute atomic E-state index is 0.373. The molecule has 0 saturated carbocycles. The van der Waals surface area contributed by atoms with E-state index in [1.807, 2.05) is 31.3 Å². The average Bonchev–Trinajstić information content (AvgIpc) is 2.97. The molecular weight excluding hydrogens is 334 g/mol. The van der Waals surface area contributed by atoms with Crippen LogP contribution in [0.15, 0.2) is 54.9 Å². The highest BCUT2D eigenvalue weighted by Gasteiger charge is 2.24. The summed E-state index contributed by atoms with van der Waals surface area (Å²) in [6, 6.07) is 14.3. The molecule has 0 aliphatic carbocycles. The van der Waals surface area contributed by atoms with Crippen molar-refractivity contribution in [2.45, 2.75) is 46.1 Å². The van der Waals surface area contributed by atoms with Crippen molar-refractivity contribution in [3.8, 4) is 11.1 Å². The Balaban J connectivity index is 2.09. The number of primary amides is 1. The molecule has 4 heteroatoms. The third-order valence-corrected chi connectivity index (χ3v) is 5.06. The van der Waals surface area contributed by atoms with Crippen LogP contribution < -0.4 is 5.73 Å². The van der Waals surface area contributed by atoms with Crippen LogP contribution in [-0.2, 0) is 19.4 Å². The first-order valence-electron chi connectivity index (χ1n) is 9.59. The number of carbonyl (C=O) groups excluding carboxylic acids is 1. The Morgan fingerprint density at radius 1 is 1.11 bits per heavy atom. The number of rotatable bonds is 8. The van der Waals surface area contributed by atoms with Crippen molar-refractivity contribution < 1.29 is 4.79 Å². The fraction of sp³-hybridized carbons (Fsp3) is 0.304. The van der Waals surface area contributed by atoms with E-state index in [0.29, 0.717) is 5.56 Å². The summed E-state index contributed by atoms with van der Waals surface area (Å²) >= 11 is 0. The minimum atomic E-state index is -0.373. The van der Waals surface area contributed by atoms with E-state index in [1.165, 1.54) is 11.3 Å². The van der Waals surface area contributed by atoms with E-state index in [9.17, 15) is 4.79 Å². The molecule has 2 aromatic heterocycles. The molecular formula is C23H27N3O. The molecule has 0 atom stereocenters. The number of nitrogens with zero attached hydrogens (tertiary/aromatic N) is 2. The number of nitrogens with two attached hydrogens (primary N) is 1. The Labute approximate surface area is 161 Å². The van der Waals surface area contributed by atoms with E-state index in [0.717, 1.165) is 49.0 Å². The third kappa shape index (κ3) is 4.11. The highest BCUT2D eigenvalue weighted by molar-refractivity contribution is 6.02. The second-order valence-corrected chi connectivity index (χ2v) is 6.88. The average molecular weight is 361 g/mol. The molecule has 0 radical (unpaired) electrons.